The number of nitrogens with zero attached hydrogens (tertiary/aromatic N) is 5. The van der Waals surface area contributed by atoms with E-state index < -0.39 is 4.92 Å². The first-order valence-corrected chi connectivity index (χ1v) is 6.50. The second-order valence-corrected chi connectivity index (χ2v) is 4.47. The van der Waals surface area contributed by atoms with E-state index in [1.54, 1.807) is 16.2 Å². The van der Waals surface area contributed by atoms with Crippen molar-refractivity contribution in [2.75, 3.05) is 18.1 Å². The number of hydrogen-bond acceptors (Lipinski definition) is 6. The van der Waals surface area contributed by atoms with Crippen LogP contribution in [0.2, 0.25) is 0 Å². The zero-order chi connectivity index (χ0) is 14.7. The van der Waals surface area contributed by atoms with Crippen LogP contribution in [0.5, 0.6) is 0 Å². The molecule has 21 heavy (non-hydrogen) atoms. The number of furan rings is 1. The van der Waals surface area contributed by atoms with Gasteiger partial charge in [0.1, 0.15) is 4.92 Å². The predicted molar refractivity (Wildman–Crippen MR) is 75.0 cm³/mol. The minimum atomic E-state index is -0.560. The third kappa shape index (κ3) is 2.83. The highest BCUT2D eigenvalue weighted by atomic mass is 16.6. The minimum absolute atomic E-state index is 0.281. The summed E-state index contributed by atoms with van der Waals surface area (Å²) in [5, 5.41) is 22.3. The van der Waals surface area contributed by atoms with E-state index >= 15 is 0 Å². The molecule has 2 heterocycles. The van der Waals surface area contributed by atoms with Crippen LogP contribution in [0.3, 0.4) is 0 Å². The molecule has 1 saturated heterocycles. The summed E-state index contributed by atoms with van der Waals surface area (Å²) in [5.41, 5.74) is 0.745. The van der Waals surface area contributed by atoms with Crippen LogP contribution in [0.4, 0.5) is 17.5 Å². The largest absolute Gasteiger partial charge is 0.434 e. The standard InChI is InChI=1S/C13H13N5O3/c19-18(20)13-8-7-12(21-13)16-9-4-10-17(16)15-14-11-5-2-1-3-6-11/h1-3,5-8H,4,9-10H2. The Morgan fingerprint density at radius 2 is 1.95 bits per heavy atom. The van der Waals surface area contributed by atoms with Gasteiger partial charge >= 0.3 is 5.88 Å². The van der Waals surface area contributed by atoms with Gasteiger partial charge in [-0.25, -0.2) is 5.01 Å². The Balaban J connectivity index is 1.76. The first-order valence-electron chi connectivity index (χ1n) is 6.50. The smallest absolute Gasteiger partial charge is 0.383 e. The van der Waals surface area contributed by atoms with E-state index in [9.17, 15) is 10.1 Å². The lowest BCUT2D eigenvalue weighted by atomic mass is 10.3. The molecule has 1 aliphatic heterocycles. The number of hydrazine groups is 1. The molecule has 0 saturated carbocycles. The molecule has 0 aliphatic carbocycles. The fourth-order valence-electron chi connectivity index (χ4n) is 2.07. The van der Waals surface area contributed by atoms with Crippen molar-refractivity contribution >= 4 is 17.5 Å². The summed E-state index contributed by atoms with van der Waals surface area (Å²) < 4.78 is 5.19. The molecule has 8 heteroatoms. The molecule has 0 amide bonds. The van der Waals surface area contributed by atoms with Gasteiger partial charge in [-0.15, -0.1) is 5.11 Å². The van der Waals surface area contributed by atoms with Gasteiger partial charge in [-0.1, -0.05) is 23.4 Å². The molecular weight excluding hydrogens is 274 g/mol. The second kappa shape index (κ2) is 5.61. The molecule has 8 nitrogen and oxygen atoms in total. The summed E-state index contributed by atoms with van der Waals surface area (Å²) in [6, 6.07) is 12.3. The maximum Gasteiger partial charge on any atom is 0.434 e. The molecule has 1 aromatic heterocycles. The summed E-state index contributed by atoms with van der Waals surface area (Å²) in [4.78, 5) is 10.1. The molecule has 1 fully saturated rings. The summed E-state index contributed by atoms with van der Waals surface area (Å²) in [5.74, 6) is 0.114. The monoisotopic (exact) mass is 287 g/mol. The Labute approximate surface area is 120 Å². The van der Waals surface area contributed by atoms with Crippen LogP contribution in [0.1, 0.15) is 6.42 Å². The van der Waals surface area contributed by atoms with Crippen LogP contribution in [0.25, 0.3) is 0 Å². The molecule has 1 aromatic carbocycles. The van der Waals surface area contributed by atoms with E-state index in [0.717, 1.165) is 12.1 Å². The van der Waals surface area contributed by atoms with Crippen molar-refractivity contribution in [2.45, 2.75) is 6.42 Å². The molecular formula is C13H13N5O3. The molecule has 0 radical (unpaired) electrons. The highest BCUT2D eigenvalue weighted by molar-refractivity contribution is 5.39. The third-order valence-electron chi connectivity index (χ3n) is 3.04. The number of nitro groups is 1. The van der Waals surface area contributed by atoms with Crippen LogP contribution in [0, 0.1) is 10.1 Å². The van der Waals surface area contributed by atoms with Gasteiger partial charge in [0.05, 0.1) is 18.3 Å². The number of benzene rings is 1. The van der Waals surface area contributed by atoms with E-state index in [4.69, 9.17) is 4.42 Å². The van der Waals surface area contributed by atoms with Gasteiger partial charge in [0.2, 0.25) is 5.88 Å². The SMILES string of the molecule is O=[N+]([O-])c1ccc(N2CCCN2N=Nc2ccccc2)o1. The highest BCUT2D eigenvalue weighted by Gasteiger charge is 2.26. The molecule has 0 unspecified atom stereocenters. The second-order valence-electron chi connectivity index (χ2n) is 4.47. The maximum absolute atomic E-state index is 10.7. The van der Waals surface area contributed by atoms with Crippen molar-refractivity contribution < 1.29 is 9.34 Å². The Morgan fingerprint density at radius 3 is 2.67 bits per heavy atom. The van der Waals surface area contributed by atoms with Crippen molar-refractivity contribution in [1.82, 2.24) is 5.12 Å². The van der Waals surface area contributed by atoms with E-state index in [2.05, 4.69) is 10.3 Å². The predicted octanol–water partition coefficient (Wildman–Crippen LogP) is 3.31. The Morgan fingerprint density at radius 1 is 1.14 bits per heavy atom. The highest BCUT2D eigenvalue weighted by Crippen LogP contribution is 2.28. The van der Waals surface area contributed by atoms with Gasteiger partial charge in [-0.2, -0.15) is 5.12 Å². The van der Waals surface area contributed by atoms with Gasteiger partial charge in [0.15, 0.2) is 0 Å². The lowest BCUT2D eigenvalue weighted by Crippen LogP contribution is -2.31. The average Bonchev–Trinajstić information content (AvgIpc) is 3.15. The van der Waals surface area contributed by atoms with Crippen LogP contribution in [-0.4, -0.2) is 23.1 Å². The van der Waals surface area contributed by atoms with Crippen LogP contribution < -0.4 is 5.01 Å². The summed E-state index contributed by atoms with van der Waals surface area (Å²) in [6.07, 6.45) is 0.877. The summed E-state index contributed by atoms with van der Waals surface area (Å²) in [6.45, 7) is 1.36. The molecule has 0 N–H and O–H groups in total. The van der Waals surface area contributed by atoms with Gasteiger partial charge in [0.25, 0.3) is 0 Å². The molecule has 3 rings (SSSR count). The van der Waals surface area contributed by atoms with Gasteiger partial charge in [-0.05, 0) is 18.6 Å². The average molecular weight is 287 g/mol. The van der Waals surface area contributed by atoms with E-state index in [1.165, 1.54) is 6.07 Å². The minimum Gasteiger partial charge on any atom is -0.383 e. The number of hydrogen-bond donors (Lipinski definition) is 0. The molecule has 0 atom stereocenters. The zero-order valence-electron chi connectivity index (χ0n) is 11.1. The number of rotatable bonds is 4. The van der Waals surface area contributed by atoms with Crippen molar-refractivity contribution in [2.24, 2.45) is 10.3 Å². The quantitative estimate of drug-likeness (QED) is 0.489. The van der Waals surface area contributed by atoms with Crippen molar-refractivity contribution in [3.05, 3.63) is 52.6 Å². The van der Waals surface area contributed by atoms with Crippen molar-refractivity contribution in [3.8, 4) is 0 Å². The Bertz CT molecular complexity index is 655. The summed E-state index contributed by atoms with van der Waals surface area (Å²) in [7, 11) is 0. The molecule has 2 aromatic rings. The Hall–Kier alpha value is -2.90. The van der Waals surface area contributed by atoms with E-state index in [0.29, 0.717) is 19.0 Å². The van der Waals surface area contributed by atoms with Crippen LogP contribution >= 0.6 is 0 Å². The van der Waals surface area contributed by atoms with Crippen LogP contribution in [-0.2, 0) is 0 Å². The fraction of sp³-hybridized carbons (Fsp3) is 0.231. The topological polar surface area (TPSA) is 87.5 Å². The van der Waals surface area contributed by atoms with Gasteiger partial charge in [0, 0.05) is 12.6 Å². The van der Waals surface area contributed by atoms with Gasteiger partial charge < -0.3 is 4.42 Å². The normalized spacial score (nSPS) is 15.0. The Kier molecular flexibility index (Phi) is 3.50. The molecule has 0 spiro atoms. The first-order chi connectivity index (χ1) is 10.2. The number of anilines is 1. The van der Waals surface area contributed by atoms with E-state index in [-0.39, 0.29) is 5.88 Å². The molecule has 1 aliphatic rings. The van der Waals surface area contributed by atoms with Crippen LogP contribution in [0.15, 0.2) is 57.2 Å². The fourth-order valence-corrected chi connectivity index (χ4v) is 2.07. The third-order valence-corrected chi connectivity index (χ3v) is 3.04. The van der Waals surface area contributed by atoms with E-state index in [1.807, 2.05) is 30.3 Å². The first kappa shape index (κ1) is 13.1. The molecule has 0 bridgehead atoms. The lowest BCUT2D eigenvalue weighted by Gasteiger charge is -2.22. The van der Waals surface area contributed by atoms with Crippen molar-refractivity contribution in [3.63, 3.8) is 0 Å². The van der Waals surface area contributed by atoms with Gasteiger partial charge in [-0.3, -0.25) is 10.1 Å². The lowest BCUT2D eigenvalue weighted by molar-refractivity contribution is -0.401. The molecule has 108 valence electrons. The van der Waals surface area contributed by atoms with Crippen molar-refractivity contribution in [1.29, 1.82) is 0 Å². The summed E-state index contributed by atoms with van der Waals surface area (Å²) >= 11 is 0. The maximum atomic E-state index is 10.7. The zero-order valence-corrected chi connectivity index (χ0v) is 11.1.